The predicted molar refractivity (Wildman–Crippen MR) is 63.6 cm³/mol. The van der Waals surface area contributed by atoms with Crippen LogP contribution in [0.4, 0.5) is 5.69 Å². The number of anilines is 1. The van der Waals surface area contributed by atoms with E-state index in [0.29, 0.717) is 0 Å². The number of benzene rings is 1. The molecule has 0 saturated heterocycles. The van der Waals surface area contributed by atoms with Crippen molar-refractivity contribution >= 4 is 17.4 Å². The Morgan fingerprint density at radius 1 is 1.40 bits per heavy atom. The molecule has 0 atom stereocenters. The first-order valence-corrected chi connectivity index (χ1v) is 5.69. The smallest absolute Gasteiger partial charge is 0.0727 e. The zero-order valence-corrected chi connectivity index (χ0v) is 9.37. The van der Waals surface area contributed by atoms with Crippen LogP contribution in [0.2, 0.25) is 0 Å². The van der Waals surface area contributed by atoms with E-state index in [2.05, 4.69) is 11.2 Å². The number of aromatic nitrogens is 2. The van der Waals surface area contributed by atoms with Crippen molar-refractivity contribution < 1.29 is 0 Å². The fourth-order valence-corrected chi connectivity index (χ4v) is 2.16. The van der Waals surface area contributed by atoms with Crippen LogP contribution in [0.25, 0.3) is 0 Å². The van der Waals surface area contributed by atoms with E-state index in [1.165, 1.54) is 4.90 Å². The Morgan fingerprint density at radius 2 is 2.27 bits per heavy atom. The lowest BCUT2D eigenvalue weighted by Crippen LogP contribution is -1.89. The Bertz CT molecular complexity index is 451. The maximum atomic E-state index is 5.70. The van der Waals surface area contributed by atoms with Crippen molar-refractivity contribution in [1.29, 1.82) is 0 Å². The van der Waals surface area contributed by atoms with E-state index >= 15 is 0 Å². The molecule has 0 aliphatic carbocycles. The van der Waals surface area contributed by atoms with Crippen molar-refractivity contribution in [2.45, 2.75) is 10.6 Å². The average Bonchev–Trinajstić information content (AvgIpc) is 2.62. The van der Waals surface area contributed by atoms with Gasteiger partial charge >= 0.3 is 0 Å². The molecule has 0 aliphatic heterocycles. The summed E-state index contributed by atoms with van der Waals surface area (Å²) in [6.45, 7) is 0. The van der Waals surface area contributed by atoms with Crippen LogP contribution in [0.3, 0.4) is 0 Å². The molecule has 0 saturated carbocycles. The zero-order chi connectivity index (χ0) is 10.7. The first-order chi connectivity index (χ1) is 7.24. The highest BCUT2D eigenvalue weighted by molar-refractivity contribution is 7.98. The lowest BCUT2D eigenvalue weighted by atomic mass is 10.3. The van der Waals surface area contributed by atoms with E-state index in [1.54, 1.807) is 11.8 Å². The summed E-state index contributed by atoms with van der Waals surface area (Å²) in [5, 5.41) is 4.31. The minimum atomic E-state index is 0.807. The molecule has 0 spiro atoms. The number of aryl methyl sites for hydroxylation is 1. The van der Waals surface area contributed by atoms with Gasteiger partial charge in [0.05, 0.1) is 5.69 Å². The van der Waals surface area contributed by atoms with Crippen LogP contribution in [-0.4, -0.2) is 9.78 Å². The molecular weight excluding hydrogens is 206 g/mol. The standard InChI is InChI=1S/C11H13N3S/c1-14-6-5-10(13-14)8-15-11-4-2-3-9(12)7-11/h2-7H,8,12H2,1H3. The van der Waals surface area contributed by atoms with Crippen molar-refractivity contribution in [2.75, 3.05) is 5.73 Å². The van der Waals surface area contributed by atoms with E-state index in [9.17, 15) is 0 Å². The molecule has 15 heavy (non-hydrogen) atoms. The molecule has 0 aliphatic rings. The maximum absolute atomic E-state index is 5.70. The fourth-order valence-electron chi connectivity index (χ4n) is 1.30. The molecule has 0 bridgehead atoms. The second-order valence-corrected chi connectivity index (χ2v) is 4.39. The minimum absolute atomic E-state index is 0.807. The van der Waals surface area contributed by atoms with Gasteiger partial charge in [0, 0.05) is 29.6 Å². The van der Waals surface area contributed by atoms with Gasteiger partial charge in [-0.3, -0.25) is 4.68 Å². The van der Waals surface area contributed by atoms with Gasteiger partial charge in [0.2, 0.25) is 0 Å². The summed E-state index contributed by atoms with van der Waals surface area (Å²) in [7, 11) is 1.93. The third kappa shape index (κ3) is 2.76. The molecule has 0 amide bonds. The average molecular weight is 219 g/mol. The number of nitrogen functional groups attached to an aromatic ring is 1. The Balaban J connectivity index is 1.99. The van der Waals surface area contributed by atoms with Crippen molar-refractivity contribution in [1.82, 2.24) is 9.78 Å². The molecule has 3 nitrogen and oxygen atoms in total. The van der Waals surface area contributed by atoms with Crippen LogP contribution in [0, 0.1) is 0 Å². The molecule has 0 unspecified atom stereocenters. The molecule has 0 radical (unpaired) electrons. The van der Waals surface area contributed by atoms with Gasteiger partial charge in [0.1, 0.15) is 0 Å². The van der Waals surface area contributed by atoms with Crippen molar-refractivity contribution in [3.8, 4) is 0 Å². The number of nitrogens with zero attached hydrogens (tertiary/aromatic N) is 2. The van der Waals surface area contributed by atoms with Gasteiger partial charge in [0.25, 0.3) is 0 Å². The van der Waals surface area contributed by atoms with E-state index in [-0.39, 0.29) is 0 Å². The molecule has 2 aromatic rings. The van der Waals surface area contributed by atoms with Crippen LogP contribution >= 0.6 is 11.8 Å². The summed E-state index contributed by atoms with van der Waals surface area (Å²) >= 11 is 1.75. The number of rotatable bonds is 3. The predicted octanol–water partition coefficient (Wildman–Crippen LogP) is 2.29. The first kappa shape index (κ1) is 10.1. The summed E-state index contributed by atoms with van der Waals surface area (Å²) in [6, 6.07) is 9.93. The summed E-state index contributed by atoms with van der Waals surface area (Å²) < 4.78 is 1.81. The summed E-state index contributed by atoms with van der Waals surface area (Å²) in [5.41, 5.74) is 7.59. The number of hydrogen-bond donors (Lipinski definition) is 1. The van der Waals surface area contributed by atoms with Gasteiger partial charge in [-0.1, -0.05) is 6.07 Å². The largest absolute Gasteiger partial charge is 0.399 e. The van der Waals surface area contributed by atoms with Crippen LogP contribution in [-0.2, 0) is 12.8 Å². The highest BCUT2D eigenvalue weighted by Gasteiger charge is 1.99. The van der Waals surface area contributed by atoms with Crippen LogP contribution < -0.4 is 5.73 Å². The number of thioether (sulfide) groups is 1. The molecule has 1 aromatic carbocycles. The van der Waals surface area contributed by atoms with E-state index in [4.69, 9.17) is 5.73 Å². The van der Waals surface area contributed by atoms with E-state index in [0.717, 1.165) is 17.1 Å². The summed E-state index contributed by atoms with van der Waals surface area (Å²) in [5.74, 6) is 0.879. The van der Waals surface area contributed by atoms with Gasteiger partial charge in [-0.2, -0.15) is 5.10 Å². The molecule has 0 fully saturated rings. The second kappa shape index (κ2) is 4.40. The SMILES string of the molecule is Cn1ccc(CSc2cccc(N)c2)n1. The quantitative estimate of drug-likeness (QED) is 0.636. The number of hydrogen-bond acceptors (Lipinski definition) is 3. The lowest BCUT2D eigenvalue weighted by molar-refractivity contribution is 0.755. The van der Waals surface area contributed by atoms with Crippen LogP contribution in [0.5, 0.6) is 0 Å². The third-order valence-corrected chi connectivity index (χ3v) is 3.04. The first-order valence-electron chi connectivity index (χ1n) is 4.71. The third-order valence-electron chi connectivity index (χ3n) is 2.01. The van der Waals surface area contributed by atoms with E-state index < -0.39 is 0 Å². The molecule has 2 rings (SSSR count). The van der Waals surface area contributed by atoms with Gasteiger partial charge in [-0.05, 0) is 24.3 Å². The van der Waals surface area contributed by atoms with E-state index in [1.807, 2.05) is 42.2 Å². The highest BCUT2D eigenvalue weighted by Crippen LogP contribution is 2.23. The molecule has 2 N–H and O–H groups in total. The summed E-state index contributed by atoms with van der Waals surface area (Å²) in [4.78, 5) is 1.18. The van der Waals surface area contributed by atoms with Gasteiger partial charge in [-0.25, -0.2) is 0 Å². The van der Waals surface area contributed by atoms with Crippen molar-refractivity contribution in [2.24, 2.45) is 7.05 Å². The molecule has 78 valence electrons. The second-order valence-electron chi connectivity index (χ2n) is 3.34. The van der Waals surface area contributed by atoms with Crippen molar-refractivity contribution in [3.05, 3.63) is 42.2 Å². The molecule has 1 aromatic heterocycles. The fraction of sp³-hybridized carbons (Fsp3) is 0.182. The Hall–Kier alpha value is -1.42. The normalized spacial score (nSPS) is 10.5. The Morgan fingerprint density at radius 3 is 2.93 bits per heavy atom. The lowest BCUT2D eigenvalue weighted by Gasteiger charge is -2.00. The Kier molecular flexibility index (Phi) is 2.97. The van der Waals surface area contributed by atoms with Gasteiger partial charge in [0.15, 0.2) is 0 Å². The molecule has 1 heterocycles. The topological polar surface area (TPSA) is 43.8 Å². The maximum Gasteiger partial charge on any atom is 0.0727 e. The monoisotopic (exact) mass is 219 g/mol. The van der Waals surface area contributed by atoms with Gasteiger partial charge in [-0.15, -0.1) is 11.8 Å². The van der Waals surface area contributed by atoms with Gasteiger partial charge < -0.3 is 5.73 Å². The Labute approximate surface area is 93.3 Å². The van der Waals surface area contributed by atoms with Crippen LogP contribution in [0.15, 0.2) is 41.4 Å². The van der Waals surface area contributed by atoms with Crippen LogP contribution in [0.1, 0.15) is 5.69 Å². The number of nitrogens with two attached hydrogens (primary N) is 1. The minimum Gasteiger partial charge on any atom is -0.399 e. The summed E-state index contributed by atoms with van der Waals surface area (Å²) in [6.07, 6.45) is 1.95. The highest BCUT2D eigenvalue weighted by atomic mass is 32.2. The zero-order valence-electron chi connectivity index (χ0n) is 8.55. The van der Waals surface area contributed by atoms with Crippen molar-refractivity contribution in [3.63, 3.8) is 0 Å². The molecular formula is C11H13N3S. The molecule has 4 heteroatoms.